The van der Waals surface area contributed by atoms with Crippen LogP contribution in [0.5, 0.6) is 0 Å². The molecule has 2 aromatic heterocycles. The number of benzene rings is 2. The highest BCUT2D eigenvalue weighted by Gasteiger charge is 2.08. The Hall–Kier alpha value is -3.21. The third-order valence-corrected chi connectivity index (χ3v) is 4.01. The van der Waals surface area contributed by atoms with Gasteiger partial charge < -0.3 is 9.88 Å². The molecular weight excluding hydrogens is 300 g/mol. The molecule has 0 saturated carbocycles. The number of aromatic nitrogens is 3. The number of aryl methyl sites for hydroxylation is 1. The second-order valence-electron chi connectivity index (χ2n) is 5.61. The average molecular weight is 316 g/mol. The minimum atomic E-state index is -0.0362. The van der Waals surface area contributed by atoms with Gasteiger partial charge in [-0.1, -0.05) is 30.3 Å². The van der Waals surface area contributed by atoms with Gasteiger partial charge in [-0.3, -0.25) is 9.78 Å². The first kappa shape index (κ1) is 14.4. The molecule has 0 aliphatic carbocycles. The maximum Gasteiger partial charge on any atom is 0.226 e. The van der Waals surface area contributed by atoms with E-state index in [1.54, 1.807) is 12.5 Å². The second kappa shape index (κ2) is 6.12. The smallest absolute Gasteiger partial charge is 0.226 e. The van der Waals surface area contributed by atoms with Gasteiger partial charge >= 0.3 is 0 Å². The molecule has 4 rings (SSSR count). The number of nitrogens with one attached hydrogen (secondary N) is 1. The first-order chi connectivity index (χ1) is 11.8. The van der Waals surface area contributed by atoms with Gasteiger partial charge in [-0.05, 0) is 24.3 Å². The summed E-state index contributed by atoms with van der Waals surface area (Å²) >= 11 is 0. The fourth-order valence-corrected chi connectivity index (χ4v) is 2.83. The SMILES string of the molecule is O=C(CCn1cnc2ccccc21)Nc1cccc2cccnc12. The maximum atomic E-state index is 12.3. The van der Waals surface area contributed by atoms with Crippen molar-refractivity contribution in [2.75, 3.05) is 5.32 Å². The third-order valence-electron chi connectivity index (χ3n) is 4.01. The molecule has 2 aromatic carbocycles. The highest BCUT2D eigenvalue weighted by Crippen LogP contribution is 2.21. The van der Waals surface area contributed by atoms with Crippen molar-refractivity contribution in [3.63, 3.8) is 0 Å². The topological polar surface area (TPSA) is 59.8 Å². The zero-order valence-electron chi connectivity index (χ0n) is 13.0. The van der Waals surface area contributed by atoms with Crippen LogP contribution >= 0.6 is 0 Å². The molecule has 24 heavy (non-hydrogen) atoms. The molecule has 5 nitrogen and oxygen atoms in total. The number of carbonyl (C=O) groups is 1. The zero-order valence-corrected chi connectivity index (χ0v) is 13.0. The van der Waals surface area contributed by atoms with Gasteiger partial charge in [0.1, 0.15) is 0 Å². The summed E-state index contributed by atoms with van der Waals surface area (Å²) in [7, 11) is 0. The van der Waals surface area contributed by atoms with Crippen LogP contribution in [0.3, 0.4) is 0 Å². The van der Waals surface area contributed by atoms with Crippen molar-refractivity contribution in [3.05, 3.63) is 67.1 Å². The summed E-state index contributed by atoms with van der Waals surface area (Å²) in [6.07, 6.45) is 3.89. The molecule has 0 fully saturated rings. The van der Waals surface area contributed by atoms with E-state index in [-0.39, 0.29) is 5.91 Å². The number of anilines is 1. The van der Waals surface area contributed by atoms with Crippen molar-refractivity contribution in [3.8, 4) is 0 Å². The molecule has 1 amide bonds. The van der Waals surface area contributed by atoms with Gasteiger partial charge in [0, 0.05) is 24.5 Å². The summed E-state index contributed by atoms with van der Waals surface area (Å²) in [6, 6.07) is 17.6. The number of hydrogen-bond donors (Lipinski definition) is 1. The Bertz CT molecular complexity index is 1020. The van der Waals surface area contributed by atoms with Crippen molar-refractivity contribution in [1.82, 2.24) is 14.5 Å². The summed E-state index contributed by atoms with van der Waals surface area (Å²) in [5.41, 5.74) is 3.53. The number of amides is 1. The number of carbonyl (C=O) groups excluding carboxylic acids is 1. The molecule has 2 heterocycles. The predicted octanol–water partition coefficient (Wildman–Crippen LogP) is 3.61. The molecule has 0 spiro atoms. The molecule has 0 radical (unpaired) electrons. The van der Waals surface area contributed by atoms with E-state index >= 15 is 0 Å². The summed E-state index contributed by atoms with van der Waals surface area (Å²) in [6.45, 7) is 0.588. The number of rotatable bonds is 4. The Morgan fingerprint density at radius 2 is 1.88 bits per heavy atom. The highest BCUT2D eigenvalue weighted by atomic mass is 16.1. The standard InChI is InChI=1S/C19H16N4O/c24-18(10-12-23-13-21-15-7-1-2-9-17(15)23)22-16-8-3-5-14-6-4-11-20-19(14)16/h1-9,11,13H,10,12H2,(H,22,24). The van der Waals surface area contributed by atoms with Crippen LogP contribution in [0.4, 0.5) is 5.69 Å². The summed E-state index contributed by atoms with van der Waals surface area (Å²) in [4.78, 5) is 21.0. The van der Waals surface area contributed by atoms with E-state index in [1.165, 1.54) is 0 Å². The molecule has 0 bridgehead atoms. The number of nitrogens with zero attached hydrogens (tertiary/aromatic N) is 3. The van der Waals surface area contributed by atoms with Crippen LogP contribution in [0, 0.1) is 0 Å². The van der Waals surface area contributed by atoms with Gasteiger partial charge in [0.15, 0.2) is 0 Å². The minimum Gasteiger partial charge on any atom is -0.330 e. The lowest BCUT2D eigenvalue weighted by atomic mass is 10.2. The molecule has 5 heteroatoms. The molecule has 0 atom stereocenters. The van der Waals surface area contributed by atoms with Gasteiger partial charge in [0.2, 0.25) is 5.91 Å². The molecular formula is C19H16N4O. The molecule has 0 unspecified atom stereocenters. The monoisotopic (exact) mass is 316 g/mol. The fraction of sp³-hybridized carbons (Fsp3) is 0.105. The lowest BCUT2D eigenvalue weighted by Crippen LogP contribution is -2.14. The average Bonchev–Trinajstić information content (AvgIpc) is 3.04. The quantitative estimate of drug-likeness (QED) is 0.625. The van der Waals surface area contributed by atoms with Crippen LogP contribution in [0.25, 0.3) is 21.9 Å². The van der Waals surface area contributed by atoms with Crippen molar-refractivity contribution in [1.29, 1.82) is 0 Å². The van der Waals surface area contributed by atoms with Crippen LogP contribution in [0.2, 0.25) is 0 Å². The highest BCUT2D eigenvalue weighted by molar-refractivity contribution is 6.00. The Labute approximate surface area is 139 Å². The van der Waals surface area contributed by atoms with E-state index < -0.39 is 0 Å². The van der Waals surface area contributed by atoms with Gasteiger partial charge in [-0.25, -0.2) is 4.98 Å². The van der Waals surface area contributed by atoms with Crippen LogP contribution in [0.1, 0.15) is 6.42 Å². The van der Waals surface area contributed by atoms with Gasteiger partial charge in [0.05, 0.1) is 28.6 Å². The van der Waals surface area contributed by atoms with Crippen LogP contribution in [-0.2, 0) is 11.3 Å². The second-order valence-corrected chi connectivity index (χ2v) is 5.61. The van der Waals surface area contributed by atoms with Crippen LogP contribution in [-0.4, -0.2) is 20.4 Å². The first-order valence-corrected chi connectivity index (χ1v) is 7.85. The van der Waals surface area contributed by atoms with Crippen molar-refractivity contribution in [2.45, 2.75) is 13.0 Å². The Balaban J connectivity index is 1.48. The van der Waals surface area contributed by atoms with Crippen LogP contribution in [0.15, 0.2) is 67.1 Å². The van der Waals surface area contributed by atoms with Crippen LogP contribution < -0.4 is 5.32 Å². The van der Waals surface area contributed by atoms with E-state index in [2.05, 4.69) is 15.3 Å². The van der Waals surface area contributed by atoms with E-state index in [0.29, 0.717) is 13.0 Å². The number of para-hydroxylation sites is 3. The molecule has 118 valence electrons. The normalized spacial score (nSPS) is 11.0. The molecule has 0 aliphatic rings. The summed E-state index contributed by atoms with van der Waals surface area (Å²) in [5, 5.41) is 3.97. The largest absolute Gasteiger partial charge is 0.330 e. The molecule has 4 aromatic rings. The van der Waals surface area contributed by atoms with E-state index in [1.807, 2.05) is 59.2 Å². The van der Waals surface area contributed by atoms with Crippen molar-refractivity contribution < 1.29 is 4.79 Å². The maximum absolute atomic E-state index is 12.3. The lowest BCUT2D eigenvalue weighted by molar-refractivity contribution is -0.116. The van der Waals surface area contributed by atoms with E-state index in [0.717, 1.165) is 27.6 Å². The number of fused-ring (bicyclic) bond motifs is 2. The Kier molecular flexibility index (Phi) is 3.67. The summed E-state index contributed by atoms with van der Waals surface area (Å²) < 4.78 is 2.00. The number of pyridine rings is 1. The zero-order chi connectivity index (χ0) is 16.4. The Morgan fingerprint density at radius 3 is 2.83 bits per heavy atom. The molecule has 1 N–H and O–H groups in total. The van der Waals surface area contributed by atoms with E-state index in [4.69, 9.17) is 0 Å². The number of hydrogen-bond acceptors (Lipinski definition) is 3. The lowest BCUT2D eigenvalue weighted by Gasteiger charge is -2.08. The summed E-state index contributed by atoms with van der Waals surface area (Å²) in [5.74, 6) is -0.0362. The number of imidazole rings is 1. The van der Waals surface area contributed by atoms with Crippen molar-refractivity contribution in [2.24, 2.45) is 0 Å². The predicted molar refractivity (Wildman–Crippen MR) is 94.7 cm³/mol. The van der Waals surface area contributed by atoms with E-state index in [9.17, 15) is 4.79 Å². The van der Waals surface area contributed by atoms with Crippen molar-refractivity contribution >= 4 is 33.5 Å². The first-order valence-electron chi connectivity index (χ1n) is 7.85. The van der Waals surface area contributed by atoms with Gasteiger partial charge in [-0.15, -0.1) is 0 Å². The minimum absolute atomic E-state index is 0.0362. The van der Waals surface area contributed by atoms with Gasteiger partial charge in [0.25, 0.3) is 0 Å². The Morgan fingerprint density at radius 1 is 1.00 bits per heavy atom. The molecule has 0 saturated heterocycles. The van der Waals surface area contributed by atoms with Gasteiger partial charge in [-0.2, -0.15) is 0 Å². The third kappa shape index (κ3) is 2.72. The molecule has 0 aliphatic heterocycles. The fourth-order valence-electron chi connectivity index (χ4n) is 2.83.